The molecule has 0 saturated heterocycles. The van der Waals surface area contributed by atoms with E-state index < -0.39 is 9.28 Å². The van der Waals surface area contributed by atoms with Crippen LogP contribution in [-0.2, 0) is 0 Å². The molecule has 14 heavy (non-hydrogen) atoms. The minimum atomic E-state index is -1.47. The van der Waals surface area contributed by atoms with Crippen LogP contribution in [0.2, 0.25) is 0 Å². The van der Waals surface area contributed by atoms with Crippen molar-refractivity contribution in [2.75, 3.05) is 0 Å². The fourth-order valence-corrected chi connectivity index (χ4v) is 4.06. The van der Waals surface area contributed by atoms with Crippen LogP contribution in [-0.4, -0.2) is 29.5 Å². The number of nitrogens with zero attached hydrogens (tertiary/aromatic N) is 2. The second kappa shape index (κ2) is 3.27. The van der Waals surface area contributed by atoms with Crippen molar-refractivity contribution < 1.29 is 0 Å². The van der Waals surface area contributed by atoms with Gasteiger partial charge in [0.05, 0.1) is 0 Å². The molecule has 0 fully saturated rings. The first kappa shape index (κ1) is 11.6. The van der Waals surface area contributed by atoms with E-state index in [-0.39, 0.29) is 11.1 Å². The summed E-state index contributed by atoms with van der Waals surface area (Å²) in [5.41, 5.74) is 0.282. The maximum absolute atomic E-state index is 6.32. The predicted octanol–water partition coefficient (Wildman–Crippen LogP) is 1.35. The zero-order valence-electron chi connectivity index (χ0n) is 10.2. The van der Waals surface area contributed by atoms with E-state index in [1.807, 2.05) is 0 Å². The fraction of sp³-hybridized carbons (Fsp3) is 0.800. The van der Waals surface area contributed by atoms with Gasteiger partial charge in [0.15, 0.2) is 0 Å². The van der Waals surface area contributed by atoms with Crippen molar-refractivity contribution in [2.45, 2.75) is 52.6 Å². The molecule has 3 nitrogen and oxygen atoms in total. The van der Waals surface area contributed by atoms with E-state index >= 15 is 0 Å². The molecule has 82 valence electrons. The molecule has 1 rings (SSSR count). The largest absolute Gasteiger partial charge is 0.372 e. The van der Waals surface area contributed by atoms with E-state index in [0.717, 1.165) is 0 Å². The van der Waals surface area contributed by atoms with Gasteiger partial charge in [-0.1, -0.05) is 0 Å². The van der Waals surface area contributed by atoms with Gasteiger partial charge in [-0.2, -0.15) is 0 Å². The Morgan fingerprint density at radius 1 is 0.857 bits per heavy atom. The summed E-state index contributed by atoms with van der Waals surface area (Å²) >= 11 is 0. The molecule has 0 aromatic heterocycles. The normalized spacial score (nSPS) is 19.6. The van der Waals surface area contributed by atoms with Gasteiger partial charge in [0.25, 0.3) is 0 Å². The third-order valence-electron chi connectivity index (χ3n) is 2.51. The molecule has 1 aliphatic rings. The van der Waals surface area contributed by atoms with E-state index in [2.05, 4.69) is 63.1 Å². The molecule has 1 heterocycles. The van der Waals surface area contributed by atoms with Crippen molar-refractivity contribution >= 4 is 9.28 Å². The maximum atomic E-state index is 6.32. The summed E-state index contributed by atoms with van der Waals surface area (Å²) in [6.45, 7) is 13.2. The van der Waals surface area contributed by atoms with Gasteiger partial charge < -0.3 is 14.5 Å². The van der Waals surface area contributed by atoms with Gasteiger partial charge in [0, 0.05) is 23.5 Å². The molecule has 4 heteroatoms. The zero-order valence-corrected chi connectivity index (χ0v) is 11.4. The lowest BCUT2D eigenvalue weighted by molar-refractivity contribution is 0.280. The molecule has 2 N–H and O–H groups in total. The van der Waals surface area contributed by atoms with Crippen LogP contribution in [0, 0.1) is 0 Å². The summed E-state index contributed by atoms with van der Waals surface area (Å²) in [4.78, 5) is 0. The molecule has 0 radical (unpaired) electrons. The highest BCUT2D eigenvalue weighted by atomic mass is 28.3. The fourth-order valence-electron chi connectivity index (χ4n) is 1.69. The Balaban J connectivity index is 2.81. The van der Waals surface area contributed by atoms with Crippen molar-refractivity contribution in [1.82, 2.24) is 9.13 Å². The summed E-state index contributed by atoms with van der Waals surface area (Å²) in [5.74, 6) is 0. The molecule has 0 aliphatic carbocycles. The first-order valence-electron chi connectivity index (χ1n) is 5.15. The van der Waals surface area contributed by atoms with Crippen molar-refractivity contribution in [3.8, 4) is 0 Å². The third-order valence-corrected chi connectivity index (χ3v) is 5.54. The number of hydrogen-bond donors (Lipinski definition) is 1. The molecule has 1 aliphatic heterocycles. The summed E-state index contributed by atoms with van der Waals surface area (Å²) < 4.78 is 4.64. The average Bonchev–Trinajstić information content (AvgIpc) is 2.26. The van der Waals surface area contributed by atoms with Crippen LogP contribution >= 0.6 is 0 Å². The van der Waals surface area contributed by atoms with E-state index in [1.165, 1.54) is 0 Å². The van der Waals surface area contributed by atoms with Gasteiger partial charge in [-0.3, -0.25) is 0 Å². The molecular weight excluding hydrogens is 190 g/mol. The first-order chi connectivity index (χ1) is 6.14. The Kier molecular flexibility index (Phi) is 2.71. The molecule has 0 amide bonds. The standard InChI is InChI=1S/C10H23N3Si/c1-9(2,3)12-7-8-13(14(12)11)10(4,5)6/h7-8,14H,11H2,1-6H3. The van der Waals surface area contributed by atoms with Crippen LogP contribution in [0.4, 0.5) is 0 Å². The van der Waals surface area contributed by atoms with Crippen molar-refractivity contribution in [1.29, 1.82) is 0 Å². The lowest BCUT2D eigenvalue weighted by Gasteiger charge is -2.42. The molecule has 0 saturated carbocycles. The van der Waals surface area contributed by atoms with E-state index in [9.17, 15) is 0 Å². The molecule has 0 atom stereocenters. The summed E-state index contributed by atoms with van der Waals surface area (Å²) in [5, 5.41) is 6.32. The Bertz CT molecular complexity index is 213. The van der Waals surface area contributed by atoms with Crippen molar-refractivity contribution in [3.63, 3.8) is 0 Å². The van der Waals surface area contributed by atoms with Crippen LogP contribution in [0.5, 0.6) is 0 Å². The van der Waals surface area contributed by atoms with Crippen LogP contribution < -0.4 is 5.40 Å². The molecular formula is C10H23N3Si. The van der Waals surface area contributed by atoms with Crippen molar-refractivity contribution in [3.05, 3.63) is 12.4 Å². The van der Waals surface area contributed by atoms with Crippen LogP contribution in [0.15, 0.2) is 12.4 Å². The minimum absolute atomic E-state index is 0.141. The second-order valence-corrected chi connectivity index (χ2v) is 7.81. The molecule has 0 aromatic rings. The Morgan fingerprint density at radius 2 is 1.14 bits per heavy atom. The quantitative estimate of drug-likeness (QED) is 0.617. The SMILES string of the molecule is CC(C)(C)N1C=CN(C(C)(C)C)[SiH]1N. The first-order valence-corrected chi connectivity index (χ1v) is 6.85. The summed E-state index contributed by atoms with van der Waals surface area (Å²) in [6.07, 6.45) is 4.28. The van der Waals surface area contributed by atoms with E-state index in [4.69, 9.17) is 5.40 Å². The van der Waals surface area contributed by atoms with Gasteiger partial charge in [-0.25, -0.2) is 0 Å². The van der Waals surface area contributed by atoms with Crippen molar-refractivity contribution in [2.24, 2.45) is 5.40 Å². The van der Waals surface area contributed by atoms with Crippen LogP contribution in [0.25, 0.3) is 0 Å². The highest BCUT2D eigenvalue weighted by molar-refractivity contribution is 6.51. The second-order valence-electron chi connectivity index (χ2n) is 5.87. The minimum Gasteiger partial charge on any atom is -0.372 e. The smallest absolute Gasteiger partial charge is 0.327 e. The Morgan fingerprint density at radius 3 is 1.29 bits per heavy atom. The topological polar surface area (TPSA) is 32.5 Å². The number of rotatable bonds is 0. The molecule has 0 spiro atoms. The van der Waals surface area contributed by atoms with Gasteiger partial charge in [0.2, 0.25) is 0 Å². The monoisotopic (exact) mass is 213 g/mol. The lowest BCUT2D eigenvalue weighted by Crippen LogP contribution is -2.61. The predicted molar refractivity (Wildman–Crippen MR) is 63.7 cm³/mol. The maximum Gasteiger partial charge on any atom is 0.327 e. The molecule has 0 unspecified atom stereocenters. The van der Waals surface area contributed by atoms with E-state index in [0.29, 0.717) is 0 Å². The molecule has 0 aromatic carbocycles. The molecule has 0 bridgehead atoms. The Labute approximate surface area is 89.4 Å². The van der Waals surface area contributed by atoms with Gasteiger partial charge >= 0.3 is 9.28 Å². The highest BCUT2D eigenvalue weighted by Crippen LogP contribution is 2.25. The van der Waals surface area contributed by atoms with E-state index in [1.54, 1.807) is 0 Å². The van der Waals surface area contributed by atoms with Gasteiger partial charge in [-0.15, -0.1) is 0 Å². The average molecular weight is 213 g/mol. The number of hydrogen-bond acceptors (Lipinski definition) is 3. The zero-order chi connectivity index (χ0) is 11.1. The van der Waals surface area contributed by atoms with Gasteiger partial charge in [-0.05, 0) is 41.5 Å². The van der Waals surface area contributed by atoms with Crippen LogP contribution in [0.1, 0.15) is 41.5 Å². The Hall–Kier alpha value is -0.483. The van der Waals surface area contributed by atoms with Crippen LogP contribution in [0.3, 0.4) is 0 Å². The highest BCUT2D eigenvalue weighted by Gasteiger charge is 2.37. The van der Waals surface area contributed by atoms with Gasteiger partial charge in [0.1, 0.15) is 0 Å². The summed E-state index contributed by atoms with van der Waals surface area (Å²) in [7, 11) is -1.47. The number of nitrogens with two attached hydrogens (primary N) is 1. The third kappa shape index (κ3) is 2.12. The lowest BCUT2D eigenvalue weighted by atomic mass is 10.1. The summed E-state index contributed by atoms with van der Waals surface area (Å²) in [6, 6.07) is 0.